The number of nitriles is 1. The number of carbonyl (C=O) groups is 1. The van der Waals surface area contributed by atoms with Gasteiger partial charge in [-0.1, -0.05) is 31.2 Å². The highest BCUT2D eigenvalue weighted by atomic mass is 32.2. The first-order valence-electron chi connectivity index (χ1n) is 10.8. The van der Waals surface area contributed by atoms with E-state index in [1.165, 1.54) is 4.31 Å². The van der Waals surface area contributed by atoms with E-state index < -0.39 is 10.0 Å². The number of benzene rings is 2. The normalized spacial score (nSPS) is 16.5. The highest BCUT2D eigenvalue weighted by Crippen LogP contribution is 2.33. The third kappa shape index (κ3) is 4.67. The van der Waals surface area contributed by atoms with Crippen molar-refractivity contribution in [1.82, 2.24) is 9.62 Å². The van der Waals surface area contributed by atoms with E-state index in [4.69, 9.17) is 11.0 Å². The quantitative estimate of drug-likeness (QED) is 0.681. The predicted octanol–water partition coefficient (Wildman–Crippen LogP) is 2.80. The van der Waals surface area contributed by atoms with Crippen LogP contribution in [0.25, 0.3) is 17.2 Å². The maximum Gasteiger partial charge on any atom is 0.247 e. The van der Waals surface area contributed by atoms with Gasteiger partial charge in [0.1, 0.15) is 5.84 Å². The highest BCUT2D eigenvalue weighted by Gasteiger charge is 2.36. The van der Waals surface area contributed by atoms with Crippen molar-refractivity contribution in [2.24, 2.45) is 16.6 Å². The summed E-state index contributed by atoms with van der Waals surface area (Å²) in [5.41, 5.74) is 9.53. The minimum atomic E-state index is -3.65. The number of carbonyl (C=O) groups excluding carboxylic acids is 1. The number of nitrogens with zero attached hydrogens (tertiary/aromatic N) is 3. The Kier molecular flexibility index (Phi) is 6.31. The molecule has 2 aromatic rings. The fraction of sp³-hybridized carbons (Fsp3) is 0.292. The van der Waals surface area contributed by atoms with Gasteiger partial charge in [0.2, 0.25) is 15.9 Å². The smallest absolute Gasteiger partial charge is 0.247 e. The van der Waals surface area contributed by atoms with Gasteiger partial charge in [-0.15, -0.1) is 0 Å². The molecule has 3 N–H and O–H groups in total. The Morgan fingerprint density at radius 3 is 2.73 bits per heavy atom. The van der Waals surface area contributed by atoms with Crippen LogP contribution in [-0.4, -0.2) is 44.1 Å². The molecule has 0 aliphatic carbocycles. The molecule has 2 aliphatic rings. The highest BCUT2D eigenvalue weighted by molar-refractivity contribution is 7.89. The molecule has 2 aromatic carbocycles. The number of aliphatic imine (C=N–C) groups is 1. The lowest BCUT2D eigenvalue weighted by molar-refractivity contribution is -0.117. The number of amides is 1. The predicted molar refractivity (Wildman–Crippen MR) is 127 cm³/mol. The zero-order valence-electron chi connectivity index (χ0n) is 18.3. The molecule has 1 saturated heterocycles. The van der Waals surface area contributed by atoms with Crippen LogP contribution in [0.3, 0.4) is 0 Å². The van der Waals surface area contributed by atoms with Crippen molar-refractivity contribution in [2.75, 3.05) is 19.6 Å². The average molecular weight is 464 g/mol. The first-order chi connectivity index (χ1) is 15.8. The van der Waals surface area contributed by atoms with E-state index in [0.717, 1.165) is 23.1 Å². The Balaban J connectivity index is 1.64. The second-order valence-corrected chi connectivity index (χ2v) is 10.1. The van der Waals surface area contributed by atoms with E-state index in [9.17, 15) is 13.2 Å². The zero-order chi connectivity index (χ0) is 23.6. The summed E-state index contributed by atoms with van der Waals surface area (Å²) in [6.45, 7) is 3.01. The number of amidine groups is 1. The SMILES string of the molecule is CCCNC(=O)C1=Cc2ccc(-c3cccc(S(=O)(=O)N4CC(C#N)C4)c3)cc2N=C(N)C1. The number of hydrogen-bond donors (Lipinski definition) is 2. The van der Waals surface area contributed by atoms with Crippen LogP contribution >= 0.6 is 0 Å². The van der Waals surface area contributed by atoms with Gasteiger partial charge in [0.05, 0.1) is 22.6 Å². The molecule has 0 unspecified atom stereocenters. The summed E-state index contributed by atoms with van der Waals surface area (Å²) in [5, 5.41) is 11.8. The van der Waals surface area contributed by atoms with Crippen LogP contribution in [0.2, 0.25) is 0 Å². The summed E-state index contributed by atoms with van der Waals surface area (Å²) < 4.78 is 27.1. The number of fused-ring (bicyclic) bond motifs is 1. The van der Waals surface area contributed by atoms with Gasteiger partial charge in [0.25, 0.3) is 0 Å². The standard InChI is InChI=1S/C24H25N5O3S/c1-2-8-27-24(30)20-9-19-7-6-18(11-22(19)28-23(26)12-20)17-4-3-5-21(10-17)33(31,32)29-14-16(13-25)15-29/h3-7,9-11,16H,2,8,12,14-15H2,1H3,(H2,26,28)(H,27,30). The van der Waals surface area contributed by atoms with Crippen LogP contribution in [0.1, 0.15) is 25.3 Å². The van der Waals surface area contributed by atoms with E-state index in [-0.39, 0.29) is 36.2 Å². The molecule has 33 heavy (non-hydrogen) atoms. The largest absolute Gasteiger partial charge is 0.387 e. The Bertz CT molecular complexity index is 1300. The maximum atomic E-state index is 12.9. The molecular formula is C24H25N5O3S. The fourth-order valence-electron chi connectivity index (χ4n) is 3.77. The number of rotatable bonds is 6. The second-order valence-electron chi connectivity index (χ2n) is 8.15. The third-order valence-corrected chi connectivity index (χ3v) is 7.49. The van der Waals surface area contributed by atoms with Crippen LogP contribution in [0, 0.1) is 17.2 Å². The molecule has 0 atom stereocenters. The maximum absolute atomic E-state index is 12.9. The van der Waals surface area contributed by atoms with E-state index >= 15 is 0 Å². The molecule has 170 valence electrons. The third-order valence-electron chi connectivity index (χ3n) is 5.66. The molecule has 9 heteroatoms. The Morgan fingerprint density at radius 1 is 1.24 bits per heavy atom. The zero-order valence-corrected chi connectivity index (χ0v) is 19.1. The minimum Gasteiger partial charge on any atom is -0.387 e. The van der Waals surface area contributed by atoms with Crippen LogP contribution < -0.4 is 11.1 Å². The van der Waals surface area contributed by atoms with Crippen molar-refractivity contribution in [3.63, 3.8) is 0 Å². The fourth-order valence-corrected chi connectivity index (χ4v) is 5.35. The molecule has 0 saturated carbocycles. The molecule has 2 aliphatic heterocycles. The number of nitrogens with two attached hydrogens (primary N) is 1. The van der Waals surface area contributed by atoms with E-state index in [1.54, 1.807) is 24.3 Å². The molecule has 8 nitrogen and oxygen atoms in total. The van der Waals surface area contributed by atoms with Crippen LogP contribution in [0.15, 0.2) is 57.9 Å². The molecular weight excluding hydrogens is 438 g/mol. The van der Waals surface area contributed by atoms with Gasteiger partial charge in [-0.05, 0) is 41.8 Å². The Morgan fingerprint density at radius 2 is 2.00 bits per heavy atom. The van der Waals surface area contributed by atoms with E-state index in [2.05, 4.69) is 16.4 Å². The van der Waals surface area contributed by atoms with Gasteiger partial charge in [0.15, 0.2) is 0 Å². The lowest BCUT2D eigenvalue weighted by atomic mass is 10.0. The van der Waals surface area contributed by atoms with Gasteiger partial charge in [-0.2, -0.15) is 9.57 Å². The molecule has 0 spiro atoms. The number of nitrogens with one attached hydrogen (secondary N) is 1. The van der Waals surface area contributed by atoms with Gasteiger partial charge in [-0.25, -0.2) is 13.4 Å². The van der Waals surface area contributed by atoms with E-state index in [0.29, 0.717) is 23.6 Å². The first kappa shape index (κ1) is 22.7. The number of sulfonamides is 1. The second kappa shape index (κ2) is 9.17. The summed E-state index contributed by atoms with van der Waals surface area (Å²) >= 11 is 0. The Labute approximate surface area is 193 Å². The lowest BCUT2D eigenvalue weighted by Crippen LogP contribution is -2.49. The van der Waals surface area contributed by atoms with Gasteiger partial charge in [-0.3, -0.25) is 4.79 Å². The van der Waals surface area contributed by atoms with Crippen LogP contribution in [0.4, 0.5) is 5.69 Å². The van der Waals surface area contributed by atoms with Gasteiger partial charge < -0.3 is 11.1 Å². The molecule has 0 radical (unpaired) electrons. The topological polar surface area (TPSA) is 129 Å². The van der Waals surface area contributed by atoms with Crippen molar-refractivity contribution < 1.29 is 13.2 Å². The monoisotopic (exact) mass is 463 g/mol. The van der Waals surface area contributed by atoms with Gasteiger partial charge in [0, 0.05) is 37.2 Å². The molecule has 0 aromatic heterocycles. The molecule has 2 heterocycles. The summed E-state index contributed by atoms with van der Waals surface area (Å²) in [4.78, 5) is 17.1. The molecule has 4 rings (SSSR count). The molecule has 0 bridgehead atoms. The summed E-state index contributed by atoms with van der Waals surface area (Å²) in [6.07, 6.45) is 2.89. The van der Waals surface area contributed by atoms with E-state index in [1.807, 2.05) is 31.2 Å². The van der Waals surface area contributed by atoms with Crippen molar-refractivity contribution in [3.8, 4) is 17.2 Å². The van der Waals surface area contributed by atoms with Crippen molar-refractivity contribution in [1.29, 1.82) is 5.26 Å². The lowest BCUT2D eigenvalue weighted by Gasteiger charge is -2.34. The van der Waals surface area contributed by atoms with Crippen molar-refractivity contribution >= 4 is 33.5 Å². The van der Waals surface area contributed by atoms with Crippen LogP contribution in [-0.2, 0) is 14.8 Å². The minimum absolute atomic E-state index is 0.158. The number of hydrogen-bond acceptors (Lipinski definition) is 6. The Hall–Kier alpha value is -3.48. The van der Waals surface area contributed by atoms with Crippen molar-refractivity contribution in [3.05, 3.63) is 53.6 Å². The first-order valence-corrected chi connectivity index (χ1v) is 12.2. The van der Waals surface area contributed by atoms with Crippen LogP contribution in [0.5, 0.6) is 0 Å². The van der Waals surface area contributed by atoms with Crippen molar-refractivity contribution in [2.45, 2.75) is 24.7 Å². The van der Waals surface area contributed by atoms with Gasteiger partial charge >= 0.3 is 0 Å². The average Bonchev–Trinajstić information content (AvgIpc) is 2.94. The summed E-state index contributed by atoms with van der Waals surface area (Å²) in [7, 11) is -3.65. The molecule has 1 fully saturated rings. The molecule has 1 amide bonds. The summed E-state index contributed by atoms with van der Waals surface area (Å²) in [6, 6.07) is 14.4. The summed E-state index contributed by atoms with van der Waals surface area (Å²) in [5.74, 6) is -0.0720.